The second-order valence-corrected chi connectivity index (χ2v) is 4.67. The van der Waals surface area contributed by atoms with Gasteiger partial charge in [0.25, 0.3) is 0 Å². The van der Waals surface area contributed by atoms with Gasteiger partial charge in [0, 0.05) is 11.9 Å². The van der Waals surface area contributed by atoms with Crippen LogP contribution in [-0.4, -0.2) is 9.38 Å². The van der Waals surface area contributed by atoms with E-state index in [4.69, 9.17) is 21.8 Å². The monoisotopic (exact) mass is 311 g/mol. The number of nitrogens with zero attached hydrogens (tertiary/aromatic N) is 2. The number of imidazole rings is 1. The third-order valence-electron chi connectivity index (χ3n) is 2.41. The van der Waals surface area contributed by atoms with E-state index in [-0.39, 0.29) is 0 Å². The van der Waals surface area contributed by atoms with Crippen molar-refractivity contribution in [2.24, 2.45) is 0 Å². The number of nitrogens with two attached hydrogens (primary N) is 1. The smallest absolute Gasteiger partial charge is 0.194 e. The molecule has 86 valence electrons. The zero-order chi connectivity index (χ0) is 12.0. The average Bonchev–Trinajstić information content (AvgIpc) is 2.83. The first-order chi connectivity index (χ1) is 8.15. The Labute approximate surface area is 110 Å². The lowest BCUT2D eigenvalue weighted by atomic mass is 10.3. The van der Waals surface area contributed by atoms with Gasteiger partial charge in [-0.1, -0.05) is 0 Å². The van der Waals surface area contributed by atoms with Crippen LogP contribution in [0.4, 0.5) is 5.69 Å². The summed E-state index contributed by atoms with van der Waals surface area (Å²) < 4.78 is 7.94. The third-order valence-corrected chi connectivity index (χ3v) is 3.20. The van der Waals surface area contributed by atoms with Crippen molar-refractivity contribution in [3.8, 4) is 11.6 Å². The van der Waals surface area contributed by atoms with Crippen LogP contribution in [-0.2, 0) is 0 Å². The molecule has 3 aromatic heterocycles. The molecule has 0 aliphatic rings. The zero-order valence-corrected chi connectivity index (χ0v) is 10.9. The fourth-order valence-electron chi connectivity index (χ4n) is 1.67. The number of furan rings is 1. The van der Waals surface area contributed by atoms with Gasteiger partial charge in [-0.05, 0) is 51.8 Å². The van der Waals surface area contributed by atoms with Crippen LogP contribution in [0.5, 0.6) is 0 Å². The van der Waals surface area contributed by atoms with E-state index in [1.165, 1.54) is 0 Å². The molecule has 4 nitrogen and oxygen atoms in total. The van der Waals surface area contributed by atoms with E-state index >= 15 is 0 Å². The highest BCUT2D eigenvalue weighted by molar-refractivity contribution is 9.10. The van der Waals surface area contributed by atoms with E-state index in [9.17, 15) is 0 Å². The summed E-state index contributed by atoms with van der Waals surface area (Å²) in [6.07, 6.45) is 1.79. The van der Waals surface area contributed by atoms with E-state index in [0.29, 0.717) is 22.5 Å². The first kappa shape index (κ1) is 10.7. The molecule has 0 saturated heterocycles. The molecule has 0 atom stereocenters. The highest BCUT2D eigenvalue weighted by Crippen LogP contribution is 2.29. The Hall–Kier alpha value is -1.46. The molecule has 3 rings (SSSR count). The largest absolute Gasteiger partial charge is 0.441 e. The van der Waals surface area contributed by atoms with Gasteiger partial charge in [0.1, 0.15) is 4.60 Å². The molecule has 3 heterocycles. The Balaban J connectivity index is 2.33. The quantitative estimate of drug-likeness (QED) is 0.747. The molecule has 0 aliphatic heterocycles. The fourth-order valence-corrected chi connectivity index (χ4v) is 2.31. The van der Waals surface area contributed by atoms with Gasteiger partial charge in [0.15, 0.2) is 16.8 Å². The first-order valence-electron chi connectivity index (χ1n) is 4.84. The van der Waals surface area contributed by atoms with Gasteiger partial charge < -0.3 is 10.2 Å². The van der Waals surface area contributed by atoms with Crippen molar-refractivity contribution in [2.75, 3.05) is 5.73 Å². The summed E-state index contributed by atoms with van der Waals surface area (Å²) in [5.41, 5.74) is 7.34. The number of hydrogen-bond acceptors (Lipinski definition) is 3. The molecule has 6 heteroatoms. The van der Waals surface area contributed by atoms with Crippen LogP contribution in [0, 0.1) is 0 Å². The average molecular weight is 313 g/mol. The van der Waals surface area contributed by atoms with Crippen LogP contribution >= 0.6 is 27.5 Å². The molecule has 0 amide bonds. The molecule has 0 spiro atoms. The van der Waals surface area contributed by atoms with Crippen LogP contribution in [0.2, 0.25) is 5.22 Å². The highest BCUT2D eigenvalue weighted by Gasteiger charge is 2.14. The molecule has 2 N–H and O–H groups in total. The van der Waals surface area contributed by atoms with Crippen molar-refractivity contribution < 1.29 is 4.42 Å². The van der Waals surface area contributed by atoms with E-state index in [2.05, 4.69) is 20.9 Å². The summed E-state index contributed by atoms with van der Waals surface area (Å²) in [5, 5.41) is 0.330. The number of anilines is 1. The minimum atomic E-state index is 0.330. The van der Waals surface area contributed by atoms with Gasteiger partial charge in [-0.3, -0.25) is 4.40 Å². The summed E-state index contributed by atoms with van der Waals surface area (Å²) >= 11 is 9.16. The Kier molecular flexibility index (Phi) is 2.38. The van der Waals surface area contributed by atoms with Gasteiger partial charge in [0.05, 0.1) is 5.52 Å². The predicted octanol–water partition coefficient (Wildman–Crippen LogP) is 3.59. The number of fused-ring (bicyclic) bond motifs is 1. The fraction of sp³-hybridized carbons (Fsp3) is 0. The van der Waals surface area contributed by atoms with Crippen molar-refractivity contribution in [3.05, 3.63) is 40.3 Å². The van der Waals surface area contributed by atoms with Crippen LogP contribution in [0.3, 0.4) is 0 Å². The van der Waals surface area contributed by atoms with Gasteiger partial charge in [-0.2, -0.15) is 0 Å². The van der Waals surface area contributed by atoms with Crippen LogP contribution in [0.1, 0.15) is 0 Å². The SMILES string of the molecule is Nc1ccc2c(Br)nc(-c3ccc(Cl)o3)n2c1. The molecule has 0 bridgehead atoms. The van der Waals surface area contributed by atoms with Gasteiger partial charge in [0.2, 0.25) is 0 Å². The van der Waals surface area contributed by atoms with Gasteiger partial charge >= 0.3 is 0 Å². The van der Waals surface area contributed by atoms with Crippen molar-refractivity contribution in [3.63, 3.8) is 0 Å². The summed E-state index contributed by atoms with van der Waals surface area (Å²) in [4.78, 5) is 4.39. The standard InChI is InChI=1S/C11H7BrClN3O/c12-10-7-2-1-6(14)5-16(7)11(15-10)8-3-4-9(13)17-8/h1-5H,14H2. The molecule has 0 fully saturated rings. The van der Waals surface area contributed by atoms with Crippen molar-refractivity contribution in [2.45, 2.75) is 0 Å². The maximum atomic E-state index is 5.76. The second kappa shape index (κ2) is 3.78. The number of pyridine rings is 1. The summed E-state index contributed by atoms with van der Waals surface area (Å²) in [6, 6.07) is 7.16. The lowest BCUT2D eigenvalue weighted by molar-refractivity contribution is 0.579. The number of halogens is 2. The summed E-state index contributed by atoms with van der Waals surface area (Å²) in [7, 11) is 0. The van der Waals surface area contributed by atoms with E-state index < -0.39 is 0 Å². The summed E-state index contributed by atoms with van der Waals surface area (Å²) in [5.74, 6) is 1.26. The molecule has 0 radical (unpaired) electrons. The maximum Gasteiger partial charge on any atom is 0.194 e. The summed E-state index contributed by atoms with van der Waals surface area (Å²) in [6.45, 7) is 0. The molecule has 0 saturated carbocycles. The number of nitrogen functional groups attached to an aromatic ring is 1. The van der Waals surface area contributed by atoms with Gasteiger partial charge in [-0.15, -0.1) is 0 Å². The number of aromatic nitrogens is 2. The molecular formula is C11H7BrClN3O. The topological polar surface area (TPSA) is 56.5 Å². The van der Waals surface area contributed by atoms with Crippen molar-refractivity contribution in [1.29, 1.82) is 0 Å². The Morgan fingerprint density at radius 1 is 1.29 bits per heavy atom. The van der Waals surface area contributed by atoms with Crippen LogP contribution < -0.4 is 5.73 Å². The van der Waals surface area contributed by atoms with E-state index in [1.807, 2.05) is 16.5 Å². The van der Waals surface area contributed by atoms with Crippen molar-refractivity contribution >= 4 is 38.7 Å². The third kappa shape index (κ3) is 1.71. The Morgan fingerprint density at radius 3 is 2.82 bits per heavy atom. The zero-order valence-electron chi connectivity index (χ0n) is 8.52. The van der Waals surface area contributed by atoms with Crippen LogP contribution in [0.25, 0.3) is 17.1 Å². The Bertz CT molecular complexity index is 704. The minimum absolute atomic E-state index is 0.330. The molecule has 0 aromatic carbocycles. The number of hydrogen-bond donors (Lipinski definition) is 1. The second-order valence-electron chi connectivity index (χ2n) is 3.55. The molecule has 3 aromatic rings. The van der Waals surface area contributed by atoms with E-state index in [1.54, 1.807) is 18.3 Å². The van der Waals surface area contributed by atoms with Crippen molar-refractivity contribution in [1.82, 2.24) is 9.38 Å². The normalized spacial score (nSPS) is 11.2. The predicted molar refractivity (Wildman–Crippen MR) is 70.0 cm³/mol. The molecule has 0 unspecified atom stereocenters. The molecular weight excluding hydrogens is 305 g/mol. The molecule has 17 heavy (non-hydrogen) atoms. The van der Waals surface area contributed by atoms with Crippen LogP contribution in [0.15, 0.2) is 39.5 Å². The lowest BCUT2D eigenvalue weighted by Gasteiger charge is -1.99. The Morgan fingerprint density at radius 2 is 2.12 bits per heavy atom. The van der Waals surface area contributed by atoms with Gasteiger partial charge in [-0.25, -0.2) is 4.98 Å². The molecule has 0 aliphatic carbocycles. The van der Waals surface area contributed by atoms with E-state index in [0.717, 1.165) is 10.1 Å². The number of rotatable bonds is 1. The minimum Gasteiger partial charge on any atom is -0.441 e. The lowest BCUT2D eigenvalue weighted by Crippen LogP contribution is -1.91. The maximum absolute atomic E-state index is 5.76. The highest BCUT2D eigenvalue weighted by atomic mass is 79.9. The first-order valence-corrected chi connectivity index (χ1v) is 6.01.